The second kappa shape index (κ2) is 5.89. The number of hydrogen-bond donors (Lipinski definition) is 3. The van der Waals surface area contributed by atoms with Crippen LogP contribution in [0.15, 0.2) is 22.7 Å². The van der Waals surface area contributed by atoms with E-state index in [2.05, 4.69) is 31.3 Å². The van der Waals surface area contributed by atoms with Crippen LogP contribution in [0.3, 0.4) is 0 Å². The quantitative estimate of drug-likeness (QED) is 0.430. The van der Waals surface area contributed by atoms with Gasteiger partial charge in [0.15, 0.2) is 0 Å². The van der Waals surface area contributed by atoms with Gasteiger partial charge in [-0.3, -0.25) is 10.1 Å². The number of nitrogens with one attached hydrogen (secondary N) is 1. The summed E-state index contributed by atoms with van der Waals surface area (Å²) in [4.78, 5) is 18.2. The van der Waals surface area contributed by atoms with Crippen molar-refractivity contribution in [1.82, 2.24) is 9.97 Å². The van der Waals surface area contributed by atoms with Gasteiger partial charge in [-0.25, -0.2) is 5.84 Å². The SMILES string of the molecule is Cc1cc(Br)cc([N+](=O)[O-])c1Oc1cc(NN)nc(N)n1. The Morgan fingerprint density at radius 2 is 2.10 bits per heavy atom. The largest absolute Gasteiger partial charge is 0.431 e. The van der Waals surface area contributed by atoms with Crippen molar-refractivity contribution in [3.63, 3.8) is 0 Å². The van der Waals surface area contributed by atoms with E-state index in [-0.39, 0.29) is 29.1 Å². The van der Waals surface area contributed by atoms with E-state index < -0.39 is 4.92 Å². The van der Waals surface area contributed by atoms with Crippen LogP contribution >= 0.6 is 15.9 Å². The van der Waals surface area contributed by atoms with Gasteiger partial charge in [0.05, 0.1) is 4.92 Å². The number of aromatic nitrogens is 2. The molecule has 9 nitrogen and oxygen atoms in total. The summed E-state index contributed by atoms with van der Waals surface area (Å²) in [6.45, 7) is 1.68. The average molecular weight is 355 g/mol. The third kappa shape index (κ3) is 3.35. The molecule has 1 aromatic heterocycles. The number of nitro benzene ring substituents is 1. The molecule has 21 heavy (non-hydrogen) atoms. The fourth-order valence-corrected chi connectivity index (χ4v) is 2.21. The highest BCUT2D eigenvalue weighted by molar-refractivity contribution is 9.10. The zero-order valence-corrected chi connectivity index (χ0v) is 12.4. The van der Waals surface area contributed by atoms with Crippen molar-refractivity contribution < 1.29 is 9.66 Å². The molecule has 0 aliphatic heterocycles. The van der Waals surface area contributed by atoms with Gasteiger partial charge >= 0.3 is 5.69 Å². The number of hydrogen-bond acceptors (Lipinski definition) is 8. The van der Waals surface area contributed by atoms with Gasteiger partial charge in [0.25, 0.3) is 0 Å². The lowest BCUT2D eigenvalue weighted by atomic mass is 10.2. The minimum absolute atomic E-state index is 0.0453. The van der Waals surface area contributed by atoms with Crippen LogP contribution in [0.5, 0.6) is 11.6 Å². The number of nitro groups is 1. The topological polar surface area (TPSA) is 142 Å². The number of nitrogens with zero attached hydrogens (tertiary/aromatic N) is 3. The standard InChI is InChI=1S/C11H11BrN6O3/c1-5-2-6(12)3-7(18(19)20)10(5)21-9-4-8(17-14)15-11(13)16-9/h2-4H,14H2,1H3,(H3,13,15,16,17). The lowest BCUT2D eigenvalue weighted by Crippen LogP contribution is -2.10. The first-order valence-corrected chi connectivity index (χ1v) is 6.43. The van der Waals surface area contributed by atoms with Gasteiger partial charge in [-0.1, -0.05) is 15.9 Å². The number of nitrogens with two attached hydrogens (primary N) is 2. The van der Waals surface area contributed by atoms with Crippen molar-refractivity contribution in [2.24, 2.45) is 5.84 Å². The monoisotopic (exact) mass is 354 g/mol. The highest BCUT2D eigenvalue weighted by Crippen LogP contribution is 2.37. The molecule has 10 heteroatoms. The number of benzene rings is 1. The Hall–Kier alpha value is -2.46. The first kappa shape index (κ1) is 14.9. The number of rotatable bonds is 4. The van der Waals surface area contributed by atoms with Crippen LogP contribution in [-0.4, -0.2) is 14.9 Å². The van der Waals surface area contributed by atoms with Crippen LogP contribution in [0.4, 0.5) is 17.5 Å². The Morgan fingerprint density at radius 1 is 1.38 bits per heavy atom. The van der Waals surface area contributed by atoms with Crippen LogP contribution in [0.25, 0.3) is 0 Å². The Bertz CT molecular complexity index is 709. The molecule has 0 amide bonds. The highest BCUT2D eigenvalue weighted by Gasteiger charge is 2.20. The Balaban J connectivity index is 2.48. The third-order valence-corrected chi connectivity index (χ3v) is 2.95. The van der Waals surface area contributed by atoms with Gasteiger partial charge in [0.1, 0.15) is 5.82 Å². The first-order chi connectivity index (χ1) is 9.90. The van der Waals surface area contributed by atoms with Crippen LogP contribution in [-0.2, 0) is 0 Å². The van der Waals surface area contributed by atoms with Crippen LogP contribution in [0.2, 0.25) is 0 Å². The van der Waals surface area contributed by atoms with E-state index >= 15 is 0 Å². The molecule has 0 unspecified atom stereocenters. The predicted molar refractivity (Wildman–Crippen MR) is 79.9 cm³/mol. The molecular weight excluding hydrogens is 344 g/mol. The zero-order chi connectivity index (χ0) is 15.6. The summed E-state index contributed by atoms with van der Waals surface area (Å²) in [5, 5.41) is 11.1. The molecule has 0 aliphatic rings. The summed E-state index contributed by atoms with van der Waals surface area (Å²) in [5.41, 5.74) is 8.18. The summed E-state index contributed by atoms with van der Waals surface area (Å²) in [7, 11) is 0. The van der Waals surface area contributed by atoms with Crippen molar-refractivity contribution in [3.05, 3.63) is 38.3 Å². The number of hydrazine groups is 1. The fourth-order valence-electron chi connectivity index (χ4n) is 1.65. The molecule has 0 spiro atoms. The van der Waals surface area contributed by atoms with Crippen molar-refractivity contribution in [3.8, 4) is 11.6 Å². The van der Waals surface area contributed by atoms with Crippen LogP contribution < -0.4 is 21.7 Å². The second-order valence-electron chi connectivity index (χ2n) is 4.02. The summed E-state index contributed by atoms with van der Waals surface area (Å²) in [5.74, 6) is 5.52. The highest BCUT2D eigenvalue weighted by atomic mass is 79.9. The Kier molecular flexibility index (Phi) is 4.19. The first-order valence-electron chi connectivity index (χ1n) is 5.64. The lowest BCUT2D eigenvalue weighted by Gasteiger charge is -2.10. The number of nitrogen functional groups attached to an aromatic ring is 2. The third-order valence-electron chi connectivity index (χ3n) is 2.49. The lowest BCUT2D eigenvalue weighted by molar-refractivity contribution is -0.385. The van der Waals surface area contributed by atoms with Gasteiger partial charge < -0.3 is 15.9 Å². The Morgan fingerprint density at radius 3 is 2.71 bits per heavy atom. The predicted octanol–water partition coefficient (Wildman–Crippen LogP) is 2.12. The number of aryl methyl sites for hydroxylation is 1. The molecule has 2 rings (SSSR count). The molecule has 1 heterocycles. The number of ether oxygens (including phenoxy) is 1. The maximum absolute atomic E-state index is 11.1. The van der Waals surface area contributed by atoms with Crippen molar-refractivity contribution in [1.29, 1.82) is 0 Å². The van der Waals surface area contributed by atoms with E-state index in [9.17, 15) is 10.1 Å². The molecule has 0 bridgehead atoms. The minimum atomic E-state index is -0.542. The van der Waals surface area contributed by atoms with Gasteiger partial charge in [-0.2, -0.15) is 9.97 Å². The maximum atomic E-state index is 11.1. The molecule has 1 aromatic carbocycles. The van der Waals surface area contributed by atoms with Gasteiger partial charge in [-0.15, -0.1) is 0 Å². The van der Waals surface area contributed by atoms with Gasteiger partial charge in [0, 0.05) is 22.2 Å². The van der Waals surface area contributed by atoms with Gasteiger partial charge in [0.2, 0.25) is 17.6 Å². The number of anilines is 2. The van der Waals surface area contributed by atoms with Crippen molar-refractivity contribution in [2.75, 3.05) is 11.2 Å². The maximum Gasteiger partial charge on any atom is 0.313 e. The molecule has 0 aliphatic carbocycles. The molecule has 0 saturated carbocycles. The molecule has 110 valence electrons. The summed E-state index contributed by atoms with van der Waals surface area (Å²) in [6, 6.07) is 4.41. The minimum Gasteiger partial charge on any atom is -0.431 e. The summed E-state index contributed by atoms with van der Waals surface area (Å²) < 4.78 is 6.07. The zero-order valence-electron chi connectivity index (χ0n) is 10.8. The van der Waals surface area contributed by atoms with Crippen molar-refractivity contribution >= 4 is 33.4 Å². The van der Waals surface area contributed by atoms with E-state index in [1.807, 2.05) is 0 Å². The van der Waals surface area contributed by atoms with Crippen LogP contribution in [0, 0.1) is 17.0 Å². The van der Waals surface area contributed by atoms with E-state index in [1.165, 1.54) is 12.1 Å². The number of halogens is 1. The van der Waals surface area contributed by atoms with E-state index in [4.69, 9.17) is 16.3 Å². The molecule has 2 aromatic rings. The van der Waals surface area contributed by atoms with Crippen LogP contribution in [0.1, 0.15) is 5.56 Å². The fraction of sp³-hybridized carbons (Fsp3) is 0.0909. The van der Waals surface area contributed by atoms with E-state index in [0.717, 1.165) is 0 Å². The Labute approximate surface area is 127 Å². The molecule has 0 saturated heterocycles. The smallest absolute Gasteiger partial charge is 0.313 e. The summed E-state index contributed by atoms with van der Waals surface area (Å²) in [6.07, 6.45) is 0. The molecule has 0 fully saturated rings. The molecule has 5 N–H and O–H groups in total. The summed E-state index contributed by atoms with van der Waals surface area (Å²) >= 11 is 3.20. The normalized spacial score (nSPS) is 10.2. The molecular formula is C11H11BrN6O3. The van der Waals surface area contributed by atoms with Gasteiger partial charge in [-0.05, 0) is 13.0 Å². The second-order valence-corrected chi connectivity index (χ2v) is 4.94. The molecule has 0 radical (unpaired) electrons. The molecule has 0 atom stereocenters. The van der Waals surface area contributed by atoms with E-state index in [1.54, 1.807) is 13.0 Å². The van der Waals surface area contributed by atoms with Crippen molar-refractivity contribution in [2.45, 2.75) is 6.92 Å². The van der Waals surface area contributed by atoms with E-state index in [0.29, 0.717) is 10.0 Å². The average Bonchev–Trinajstić information content (AvgIpc) is 2.40.